The predicted octanol–water partition coefficient (Wildman–Crippen LogP) is 6.34. The Bertz CT molecular complexity index is 1710. The highest BCUT2D eigenvalue weighted by atomic mass is 35.5. The number of pyridine rings is 2. The number of nitrogens with zero attached hydrogens (tertiary/aromatic N) is 3. The van der Waals surface area contributed by atoms with Gasteiger partial charge in [-0.3, -0.25) is 14.4 Å². The molecule has 2 amide bonds. The van der Waals surface area contributed by atoms with Crippen LogP contribution in [0.4, 0.5) is 20.4 Å². The molecule has 2 saturated carbocycles. The molecule has 1 aromatic carbocycles. The minimum Gasteiger partial charge on any atom is -0.368 e. The molecule has 6 rings (SSSR count). The summed E-state index contributed by atoms with van der Waals surface area (Å²) in [4.78, 5) is 46.1. The van der Waals surface area contributed by atoms with Gasteiger partial charge in [0.25, 0.3) is 23.3 Å². The number of carbonyl (C=O) groups excluding carboxylic acids is 2. The van der Waals surface area contributed by atoms with Gasteiger partial charge in [-0.2, -0.15) is 0 Å². The van der Waals surface area contributed by atoms with Crippen LogP contribution in [-0.2, 0) is 6.54 Å². The number of carbonyl (C=O) groups is 2. The van der Waals surface area contributed by atoms with Crippen LogP contribution >= 0.6 is 11.6 Å². The second-order valence-electron chi connectivity index (χ2n) is 13.2. The fourth-order valence-corrected chi connectivity index (χ4v) is 6.18. The van der Waals surface area contributed by atoms with Gasteiger partial charge in [-0.15, -0.1) is 0 Å². The van der Waals surface area contributed by atoms with Gasteiger partial charge in [0.2, 0.25) is 0 Å². The minimum absolute atomic E-state index is 0.0156. The topological polar surface area (TPSA) is 108 Å². The van der Waals surface area contributed by atoms with Crippen molar-refractivity contribution in [1.29, 1.82) is 0 Å². The molecule has 3 aromatic rings. The van der Waals surface area contributed by atoms with Gasteiger partial charge in [0, 0.05) is 41.5 Å². The number of aromatic nitrogens is 2. The van der Waals surface area contributed by atoms with Crippen molar-refractivity contribution in [1.82, 2.24) is 19.8 Å². The van der Waals surface area contributed by atoms with Gasteiger partial charge in [0.05, 0.1) is 13.1 Å². The Morgan fingerprint density at radius 3 is 2.37 bits per heavy atom. The van der Waals surface area contributed by atoms with E-state index >= 15 is 0 Å². The van der Waals surface area contributed by atoms with E-state index in [4.69, 9.17) is 11.6 Å². The van der Waals surface area contributed by atoms with Crippen LogP contribution in [0.3, 0.4) is 0 Å². The summed E-state index contributed by atoms with van der Waals surface area (Å²) >= 11 is 6.23. The summed E-state index contributed by atoms with van der Waals surface area (Å²) in [6.45, 7) is 5.25. The van der Waals surface area contributed by atoms with E-state index < -0.39 is 30.8 Å². The van der Waals surface area contributed by atoms with E-state index in [-0.39, 0.29) is 39.6 Å². The molecular weight excluding hydrogens is 614 g/mol. The van der Waals surface area contributed by atoms with E-state index in [9.17, 15) is 23.2 Å². The summed E-state index contributed by atoms with van der Waals surface area (Å²) in [5.74, 6) is -2.85. The SMILES string of the molecule is CC(C)Nc1cc(-c2ccc(Cl)cc2C(=O)N2CC(F)(F)C2)cc(NC(=O)c2cc(CN[C@@H](C)C3CCC3)cn(C3CC3)c2=O)n1. The van der Waals surface area contributed by atoms with Gasteiger partial charge >= 0.3 is 0 Å². The number of hydrogen-bond acceptors (Lipinski definition) is 6. The maximum atomic E-state index is 13.7. The Morgan fingerprint density at radius 2 is 1.74 bits per heavy atom. The van der Waals surface area contributed by atoms with Gasteiger partial charge < -0.3 is 25.4 Å². The highest BCUT2D eigenvalue weighted by molar-refractivity contribution is 6.31. The molecule has 0 unspecified atom stereocenters. The fourth-order valence-electron chi connectivity index (χ4n) is 6.00. The number of anilines is 2. The van der Waals surface area contributed by atoms with Crippen molar-refractivity contribution in [3.05, 3.63) is 74.7 Å². The van der Waals surface area contributed by atoms with Crippen molar-refractivity contribution >= 4 is 35.1 Å². The first kappa shape index (κ1) is 32.1. The first-order valence-electron chi connectivity index (χ1n) is 15.9. The zero-order chi connectivity index (χ0) is 32.7. The van der Waals surface area contributed by atoms with Crippen LogP contribution in [0.5, 0.6) is 0 Å². The lowest BCUT2D eigenvalue weighted by molar-refractivity contribution is -0.113. The third-order valence-electron chi connectivity index (χ3n) is 8.93. The van der Waals surface area contributed by atoms with Crippen LogP contribution in [0.25, 0.3) is 11.1 Å². The Kier molecular flexibility index (Phi) is 8.91. The Labute approximate surface area is 271 Å². The van der Waals surface area contributed by atoms with E-state index in [1.165, 1.54) is 25.3 Å². The van der Waals surface area contributed by atoms with Gasteiger partial charge in [0.15, 0.2) is 0 Å². The third kappa shape index (κ3) is 7.10. The van der Waals surface area contributed by atoms with E-state index in [1.54, 1.807) is 34.9 Å². The maximum Gasteiger partial charge on any atom is 0.282 e. The van der Waals surface area contributed by atoms with E-state index in [0.29, 0.717) is 35.4 Å². The molecule has 2 aromatic heterocycles. The molecule has 244 valence electrons. The number of likely N-dealkylation sites (tertiary alicyclic amines) is 1. The van der Waals surface area contributed by atoms with Crippen LogP contribution in [0, 0.1) is 5.92 Å². The Morgan fingerprint density at radius 1 is 1.02 bits per heavy atom. The van der Waals surface area contributed by atoms with Gasteiger partial charge in [-0.05, 0) is 99.4 Å². The van der Waals surface area contributed by atoms with Crippen molar-refractivity contribution in [2.75, 3.05) is 23.7 Å². The zero-order valence-corrected chi connectivity index (χ0v) is 27.0. The number of alkyl halides is 2. The Balaban J connectivity index is 1.31. The lowest BCUT2D eigenvalue weighted by Gasteiger charge is -2.39. The van der Waals surface area contributed by atoms with Crippen LogP contribution in [0.1, 0.15) is 85.2 Å². The Hall–Kier alpha value is -3.83. The van der Waals surface area contributed by atoms with Crippen molar-refractivity contribution in [3.63, 3.8) is 0 Å². The summed E-state index contributed by atoms with van der Waals surface area (Å²) < 4.78 is 28.9. The van der Waals surface area contributed by atoms with Crippen LogP contribution in [0.2, 0.25) is 5.02 Å². The van der Waals surface area contributed by atoms with E-state index in [1.807, 2.05) is 20.0 Å². The predicted molar refractivity (Wildman–Crippen MR) is 175 cm³/mol. The molecule has 3 aliphatic rings. The lowest BCUT2D eigenvalue weighted by Crippen LogP contribution is -2.58. The van der Waals surface area contributed by atoms with Crippen molar-refractivity contribution in [3.8, 4) is 11.1 Å². The first-order chi connectivity index (χ1) is 21.9. The highest BCUT2D eigenvalue weighted by Gasteiger charge is 2.46. The summed E-state index contributed by atoms with van der Waals surface area (Å²) in [5.41, 5.74) is 1.63. The molecule has 3 N–H and O–H groups in total. The van der Waals surface area contributed by atoms with Gasteiger partial charge in [-0.1, -0.05) is 24.1 Å². The summed E-state index contributed by atoms with van der Waals surface area (Å²) in [6.07, 6.45) is 7.31. The van der Waals surface area contributed by atoms with Crippen LogP contribution in [0.15, 0.2) is 47.4 Å². The normalized spacial score (nSPS) is 18.1. The first-order valence-corrected chi connectivity index (χ1v) is 16.3. The molecule has 3 fully saturated rings. The standard InChI is InChI=1S/C34H39ClF2N6O3/c1-19(2)39-29-12-23(26-10-7-24(35)14-27(26)32(45)42-17-34(36,37)18-42)13-30(40-29)41-31(44)28-11-21(15-38-20(3)22-5-4-6-22)16-43(33(28)46)25-8-9-25/h7,10-14,16,19-20,22,25,38H,4-6,8-9,15,17-18H2,1-3H3,(H2,39,40,41,44)/t20-/m0/s1. The molecule has 0 bridgehead atoms. The number of hydrogen-bond donors (Lipinski definition) is 3. The van der Waals surface area contributed by atoms with Crippen LogP contribution < -0.4 is 21.5 Å². The second-order valence-corrected chi connectivity index (χ2v) is 13.6. The molecule has 12 heteroatoms. The molecule has 1 aliphatic heterocycles. The summed E-state index contributed by atoms with van der Waals surface area (Å²) in [7, 11) is 0. The zero-order valence-electron chi connectivity index (χ0n) is 26.2. The quantitative estimate of drug-likeness (QED) is 0.223. The lowest BCUT2D eigenvalue weighted by atomic mass is 9.80. The molecule has 2 aliphatic carbocycles. The molecule has 1 saturated heterocycles. The molecule has 46 heavy (non-hydrogen) atoms. The largest absolute Gasteiger partial charge is 0.368 e. The van der Waals surface area contributed by atoms with E-state index in [2.05, 4.69) is 27.9 Å². The highest BCUT2D eigenvalue weighted by Crippen LogP contribution is 2.36. The van der Waals surface area contributed by atoms with Crippen molar-refractivity contribution in [2.45, 2.75) is 83.5 Å². The van der Waals surface area contributed by atoms with Gasteiger partial charge in [0.1, 0.15) is 17.2 Å². The van der Waals surface area contributed by atoms with Crippen LogP contribution in [-0.4, -0.2) is 57.4 Å². The maximum absolute atomic E-state index is 13.7. The monoisotopic (exact) mass is 652 g/mol. The molecule has 1 atom stereocenters. The summed E-state index contributed by atoms with van der Waals surface area (Å²) in [6, 6.07) is 10.1. The van der Waals surface area contributed by atoms with Crippen molar-refractivity contribution < 1.29 is 18.4 Å². The van der Waals surface area contributed by atoms with Crippen molar-refractivity contribution in [2.24, 2.45) is 5.92 Å². The number of nitrogens with one attached hydrogen (secondary N) is 3. The number of rotatable bonds is 11. The second kappa shape index (κ2) is 12.8. The molecule has 0 spiro atoms. The third-order valence-corrected chi connectivity index (χ3v) is 9.16. The number of benzene rings is 1. The van der Waals surface area contributed by atoms with Gasteiger partial charge in [-0.25, -0.2) is 13.8 Å². The molecule has 9 nitrogen and oxygen atoms in total. The fraction of sp³-hybridized carbons (Fsp3) is 0.471. The molecule has 0 radical (unpaired) electrons. The average molecular weight is 653 g/mol. The molecule has 3 heterocycles. The minimum atomic E-state index is -2.92. The smallest absolute Gasteiger partial charge is 0.282 e. The molecular formula is C34H39ClF2N6O3. The number of halogens is 3. The average Bonchev–Trinajstić information content (AvgIpc) is 3.79. The number of amides is 2. The summed E-state index contributed by atoms with van der Waals surface area (Å²) in [5, 5.41) is 9.88. The van der Waals surface area contributed by atoms with E-state index in [0.717, 1.165) is 23.3 Å².